The second-order valence-electron chi connectivity index (χ2n) is 9.70. The number of nitrogens with zero attached hydrogens (tertiary/aromatic N) is 2. The summed E-state index contributed by atoms with van der Waals surface area (Å²) >= 11 is 0. The van der Waals surface area contributed by atoms with Crippen molar-refractivity contribution in [2.45, 2.75) is 31.9 Å². The normalized spacial score (nSPS) is 17.3. The first kappa shape index (κ1) is 27.8. The van der Waals surface area contributed by atoms with Crippen LogP contribution in [0.1, 0.15) is 35.5 Å². The summed E-state index contributed by atoms with van der Waals surface area (Å²) in [6.45, 7) is 0.876. The van der Waals surface area contributed by atoms with Crippen molar-refractivity contribution in [2.75, 3.05) is 34.4 Å². The van der Waals surface area contributed by atoms with Crippen LogP contribution in [0.4, 0.5) is 13.2 Å². The Bertz CT molecular complexity index is 1450. The number of hydrogen-bond acceptors (Lipinski definition) is 6. The van der Waals surface area contributed by atoms with Gasteiger partial charge in [0.25, 0.3) is 11.8 Å². The largest absolute Gasteiger partial charge is 0.496 e. The van der Waals surface area contributed by atoms with Gasteiger partial charge in [0.1, 0.15) is 30.3 Å². The van der Waals surface area contributed by atoms with Gasteiger partial charge in [-0.3, -0.25) is 14.4 Å². The molecule has 0 unspecified atom stereocenters. The summed E-state index contributed by atoms with van der Waals surface area (Å²) in [6.07, 6.45) is 0. The van der Waals surface area contributed by atoms with Gasteiger partial charge in [0.2, 0.25) is 17.6 Å². The van der Waals surface area contributed by atoms with E-state index in [4.69, 9.17) is 13.9 Å². The number of likely N-dealkylation sites (N-methyl/N-ethyl adjacent to an activating group) is 1. The van der Waals surface area contributed by atoms with Gasteiger partial charge in [-0.15, -0.1) is 0 Å². The minimum atomic E-state index is -3.17. The van der Waals surface area contributed by atoms with E-state index in [0.29, 0.717) is 0 Å². The lowest BCUT2D eigenvalue weighted by molar-refractivity contribution is -0.137. The summed E-state index contributed by atoms with van der Waals surface area (Å²) in [7, 11) is 4.34. The molecule has 12 heteroatoms. The standard InChI is InChI=1S/C27H28F3N3O6/c1-26(25(36)31-12-17-18(28)7-6-8-19(17)37-5)14-38-22-16-11-15(27(2,29)30)9-10-20(16)39-23(22)24(35)33(26)13-21(34)32(3)4/h6-11H,12-14H2,1-5H3,(H,31,36)/t26-/m1/s1. The number of furan rings is 1. The molecule has 1 aliphatic heterocycles. The number of fused-ring (bicyclic) bond motifs is 3. The van der Waals surface area contributed by atoms with Gasteiger partial charge < -0.3 is 29.0 Å². The van der Waals surface area contributed by atoms with E-state index in [0.717, 1.165) is 17.9 Å². The fourth-order valence-electron chi connectivity index (χ4n) is 4.24. The summed E-state index contributed by atoms with van der Waals surface area (Å²) in [5.74, 6) is -6.10. The molecule has 3 amide bonds. The van der Waals surface area contributed by atoms with E-state index >= 15 is 0 Å². The maximum Gasteiger partial charge on any atom is 0.295 e. The second-order valence-corrected chi connectivity index (χ2v) is 9.70. The first-order valence-electron chi connectivity index (χ1n) is 12.0. The van der Waals surface area contributed by atoms with Gasteiger partial charge >= 0.3 is 0 Å². The number of nitrogens with one attached hydrogen (secondary N) is 1. The highest BCUT2D eigenvalue weighted by molar-refractivity contribution is 6.06. The molecule has 1 aliphatic rings. The molecule has 0 saturated carbocycles. The van der Waals surface area contributed by atoms with Gasteiger partial charge in [0, 0.05) is 38.7 Å². The molecular weight excluding hydrogens is 519 g/mol. The number of rotatable bonds is 7. The Labute approximate surface area is 222 Å². The topological polar surface area (TPSA) is 101 Å². The van der Waals surface area contributed by atoms with Gasteiger partial charge in [-0.05, 0) is 37.3 Å². The van der Waals surface area contributed by atoms with Crippen LogP contribution in [0.25, 0.3) is 11.0 Å². The predicted molar refractivity (Wildman–Crippen MR) is 134 cm³/mol. The third-order valence-electron chi connectivity index (χ3n) is 6.68. The number of benzene rings is 2. The molecule has 0 aliphatic carbocycles. The third-order valence-corrected chi connectivity index (χ3v) is 6.68. The summed E-state index contributed by atoms with van der Waals surface area (Å²) < 4.78 is 59.2. The number of carbonyl (C=O) groups is 3. The van der Waals surface area contributed by atoms with Crippen molar-refractivity contribution in [1.29, 1.82) is 0 Å². The van der Waals surface area contributed by atoms with Crippen LogP contribution < -0.4 is 14.8 Å². The van der Waals surface area contributed by atoms with Crippen LogP contribution in [0.2, 0.25) is 0 Å². The molecule has 2 heterocycles. The Morgan fingerprint density at radius 1 is 1.23 bits per heavy atom. The molecule has 9 nitrogen and oxygen atoms in total. The van der Waals surface area contributed by atoms with Gasteiger partial charge in [0.15, 0.2) is 11.3 Å². The molecular formula is C27H28F3N3O6. The number of amides is 3. The summed E-state index contributed by atoms with van der Waals surface area (Å²) in [5, 5.41) is 2.73. The lowest BCUT2D eigenvalue weighted by atomic mass is 9.98. The van der Waals surface area contributed by atoms with Gasteiger partial charge in [-0.1, -0.05) is 6.07 Å². The molecule has 1 atom stereocenters. The maximum atomic E-state index is 14.5. The van der Waals surface area contributed by atoms with Crippen LogP contribution >= 0.6 is 0 Å². The fourth-order valence-corrected chi connectivity index (χ4v) is 4.24. The van der Waals surface area contributed by atoms with Crippen LogP contribution in [0.3, 0.4) is 0 Å². The Morgan fingerprint density at radius 2 is 1.95 bits per heavy atom. The SMILES string of the molecule is COc1cccc(F)c1CNC(=O)[C@@]1(C)COc2c(oc3ccc(C(C)(F)F)cc23)C(=O)N1CC(=O)N(C)C. The minimum absolute atomic E-state index is 0.0830. The molecule has 4 rings (SSSR count). The third kappa shape index (κ3) is 5.10. The lowest BCUT2D eigenvalue weighted by Crippen LogP contribution is -2.62. The Morgan fingerprint density at radius 3 is 2.59 bits per heavy atom. The number of halogens is 3. The number of alkyl halides is 2. The van der Waals surface area contributed by atoms with Gasteiger partial charge in [0.05, 0.1) is 12.5 Å². The molecule has 0 fully saturated rings. The number of methoxy groups -OCH3 is 1. The van der Waals surface area contributed by atoms with Crippen molar-refractivity contribution in [2.24, 2.45) is 0 Å². The van der Waals surface area contributed by atoms with Crippen molar-refractivity contribution in [1.82, 2.24) is 15.1 Å². The van der Waals surface area contributed by atoms with E-state index in [9.17, 15) is 27.6 Å². The molecule has 3 aromatic rings. The van der Waals surface area contributed by atoms with Crippen molar-refractivity contribution < 1.29 is 41.4 Å². The summed E-state index contributed by atoms with van der Waals surface area (Å²) in [5.41, 5.74) is -1.89. The monoisotopic (exact) mass is 547 g/mol. The molecule has 1 N–H and O–H groups in total. The smallest absolute Gasteiger partial charge is 0.295 e. The highest BCUT2D eigenvalue weighted by atomic mass is 19.3. The molecule has 0 radical (unpaired) electrons. The van der Waals surface area contributed by atoms with E-state index < -0.39 is 48.2 Å². The summed E-state index contributed by atoms with van der Waals surface area (Å²) in [6, 6.07) is 7.84. The average Bonchev–Trinajstić information content (AvgIpc) is 3.21. The van der Waals surface area contributed by atoms with Crippen molar-refractivity contribution in [3.8, 4) is 11.5 Å². The first-order valence-corrected chi connectivity index (χ1v) is 12.0. The second kappa shape index (κ2) is 10.2. The van der Waals surface area contributed by atoms with Crippen LogP contribution in [-0.2, 0) is 22.1 Å². The predicted octanol–water partition coefficient (Wildman–Crippen LogP) is 3.69. The number of ether oxygens (including phenoxy) is 2. The van der Waals surface area contributed by atoms with E-state index in [2.05, 4.69) is 5.32 Å². The van der Waals surface area contributed by atoms with Crippen LogP contribution in [0.5, 0.6) is 11.5 Å². The summed E-state index contributed by atoms with van der Waals surface area (Å²) in [4.78, 5) is 42.3. The van der Waals surface area contributed by atoms with Crippen molar-refractivity contribution in [3.63, 3.8) is 0 Å². The van der Waals surface area contributed by atoms with Crippen molar-refractivity contribution in [3.05, 3.63) is 59.1 Å². The molecule has 208 valence electrons. The quantitative estimate of drug-likeness (QED) is 0.484. The van der Waals surface area contributed by atoms with E-state index in [-0.39, 0.29) is 45.9 Å². The van der Waals surface area contributed by atoms with Crippen LogP contribution in [0.15, 0.2) is 40.8 Å². The van der Waals surface area contributed by atoms with Gasteiger partial charge in [-0.25, -0.2) is 13.2 Å². The average molecular weight is 548 g/mol. The molecule has 0 saturated heterocycles. The fraction of sp³-hybridized carbons (Fsp3) is 0.370. The molecule has 2 aromatic carbocycles. The van der Waals surface area contributed by atoms with E-state index in [1.807, 2.05) is 0 Å². The number of hydrogen-bond donors (Lipinski definition) is 1. The maximum absolute atomic E-state index is 14.5. The van der Waals surface area contributed by atoms with E-state index in [1.54, 1.807) is 0 Å². The van der Waals surface area contributed by atoms with Gasteiger partial charge in [-0.2, -0.15) is 0 Å². The highest BCUT2D eigenvalue weighted by Gasteiger charge is 2.49. The van der Waals surface area contributed by atoms with E-state index in [1.165, 1.54) is 63.4 Å². The zero-order valence-corrected chi connectivity index (χ0v) is 22.1. The zero-order valence-electron chi connectivity index (χ0n) is 22.1. The minimum Gasteiger partial charge on any atom is -0.496 e. The molecule has 1 aromatic heterocycles. The first-order chi connectivity index (χ1) is 18.3. The van der Waals surface area contributed by atoms with Crippen LogP contribution in [0, 0.1) is 5.82 Å². The Balaban J connectivity index is 1.74. The Kier molecular flexibility index (Phi) is 7.24. The van der Waals surface area contributed by atoms with Crippen LogP contribution in [-0.4, -0.2) is 67.4 Å². The number of carbonyl (C=O) groups excluding carboxylic acids is 3. The lowest BCUT2D eigenvalue weighted by Gasteiger charge is -2.37. The highest BCUT2D eigenvalue weighted by Crippen LogP contribution is 2.41. The molecule has 39 heavy (non-hydrogen) atoms. The zero-order chi connectivity index (χ0) is 28.7. The Hall–Kier alpha value is -4.22. The molecule has 0 bridgehead atoms. The van der Waals surface area contributed by atoms with Crippen molar-refractivity contribution >= 4 is 28.7 Å². The molecule has 0 spiro atoms.